The Morgan fingerprint density at radius 1 is 1.09 bits per heavy atom. The Kier molecular flexibility index (Phi) is 9.63. The predicted octanol–water partition coefficient (Wildman–Crippen LogP) is 5.16. The van der Waals surface area contributed by atoms with Crippen LogP contribution in [0.5, 0.6) is 11.5 Å². The number of hydrogen-bond donors (Lipinski definition) is 1. The molecular formula is C27H35ClN2O4. The molecule has 2 aromatic rings. The van der Waals surface area contributed by atoms with Gasteiger partial charge in [0.1, 0.15) is 11.9 Å². The van der Waals surface area contributed by atoms with Gasteiger partial charge in [-0.1, -0.05) is 55.2 Å². The molecule has 0 radical (unpaired) electrons. The quantitative estimate of drug-likeness (QED) is 0.471. The number of nitrogens with one attached hydrogen (secondary N) is 1. The molecule has 184 valence electrons. The Hall–Kier alpha value is -2.73. The van der Waals surface area contributed by atoms with Gasteiger partial charge in [0.25, 0.3) is 0 Å². The molecule has 0 bridgehead atoms. The van der Waals surface area contributed by atoms with E-state index < -0.39 is 6.04 Å². The number of ether oxygens (including phenoxy) is 2. The fourth-order valence-corrected chi connectivity index (χ4v) is 4.57. The monoisotopic (exact) mass is 486 g/mol. The molecule has 34 heavy (non-hydrogen) atoms. The highest BCUT2D eigenvalue weighted by atomic mass is 35.5. The molecule has 0 aromatic heterocycles. The molecule has 1 aliphatic carbocycles. The molecule has 2 amide bonds. The van der Waals surface area contributed by atoms with Crippen molar-refractivity contribution in [3.63, 3.8) is 0 Å². The van der Waals surface area contributed by atoms with E-state index in [0.717, 1.165) is 36.8 Å². The Morgan fingerprint density at radius 2 is 1.79 bits per heavy atom. The minimum Gasteiger partial charge on any atom is -0.493 e. The minimum atomic E-state index is -0.848. The summed E-state index contributed by atoms with van der Waals surface area (Å²) in [7, 11) is 1.56. The molecule has 0 spiro atoms. The molecule has 3 rings (SSSR count). The third-order valence-electron chi connectivity index (χ3n) is 6.22. The Labute approximate surface area is 207 Å². The second-order valence-electron chi connectivity index (χ2n) is 8.73. The van der Waals surface area contributed by atoms with E-state index in [1.165, 1.54) is 6.42 Å². The van der Waals surface area contributed by atoms with E-state index in [-0.39, 0.29) is 30.3 Å². The lowest BCUT2D eigenvalue weighted by Crippen LogP contribution is -2.47. The number of carbonyl (C=O) groups is 2. The van der Waals surface area contributed by atoms with Crippen LogP contribution in [-0.2, 0) is 16.1 Å². The summed E-state index contributed by atoms with van der Waals surface area (Å²) in [6.45, 7) is 4.67. The van der Waals surface area contributed by atoms with Crippen LogP contribution in [0.25, 0.3) is 0 Å². The van der Waals surface area contributed by atoms with Crippen molar-refractivity contribution in [2.24, 2.45) is 0 Å². The molecule has 1 fully saturated rings. The molecule has 0 saturated heterocycles. The first-order chi connectivity index (χ1) is 16.5. The van der Waals surface area contributed by atoms with Gasteiger partial charge in [-0.25, -0.2) is 0 Å². The van der Waals surface area contributed by atoms with Gasteiger partial charge in [0.2, 0.25) is 11.8 Å². The van der Waals surface area contributed by atoms with E-state index in [1.54, 1.807) is 24.1 Å². The van der Waals surface area contributed by atoms with Crippen molar-refractivity contribution < 1.29 is 19.1 Å². The molecule has 7 heteroatoms. The zero-order valence-corrected chi connectivity index (χ0v) is 21.1. The van der Waals surface area contributed by atoms with E-state index in [4.69, 9.17) is 21.1 Å². The van der Waals surface area contributed by atoms with Gasteiger partial charge in [0.05, 0.1) is 13.7 Å². The predicted molar refractivity (Wildman–Crippen MR) is 134 cm³/mol. The van der Waals surface area contributed by atoms with E-state index in [0.29, 0.717) is 23.7 Å². The van der Waals surface area contributed by atoms with Crippen LogP contribution in [0.15, 0.2) is 42.5 Å². The number of halogens is 1. The van der Waals surface area contributed by atoms with Crippen molar-refractivity contribution >= 4 is 23.4 Å². The van der Waals surface area contributed by atoms with E-state index in [9.17, 15) is 9.59 Å². The van der Waals surface area contributed by atoms with E-state index >= 15 is 0 Å². The molecule has 1 atom stereocenters. The zero-order chi connectivity index (χ0) is 24.5. The summed E-state index contributed by atoms with van der Waals surface area (Å²) < 4.78 is 11.2. The largest absolute Gasteiger partial charge is 0.493 e. The lowest BCUT2D eigenvalue weighted by Gasteiger charge is -2.33. The number of amides is 2. The van der Waals surface area contributed by atoms with Crippen LogP contribution in [0.2, 0.25) is 0 Å². The molecule has 1 aliphatic rings. The first kappa shape index (κ1) is 25.9. The van der Waals surface area contributed by atoms with Crippen LogP contribution in [0.1, 0.15) is 61.8 Å². The smallest absolute Gasteiger partial charge is 0.247 e. The lowest BCUT2D eigenvalue weighted by molar-refractivity contribution is -0.140. The van der Waals surface area contributed by atoms with Gasteiger partial charge in [-0.15, -0.1) is 11.6 Å². The van der Waals surface area contributed by atoms with Gasteiger partial charge in [0.15, 0.2) is 11.5 Å². The Morgan fingerprint density at radius 3 is 2.41 bits per heavy atom. The van der Waals surface area contributed by atoms with Gasteiger partial charge < -0.3 is 19.7 Å². The van der Waals surface area contributed by atoms with Crippen LogP contribution in [0, 0.1) is 6.92 Å². The Balaban J connectivity index is 2.00. The van der Waals surface area contributed by atoms with Gasteiger partial charge in [0, 0.05) is 12.6 Å². The fourth-order valence-electron chi connectivity index (χ4n) is 4.42. The first-order valence-electron chi connectivity index (χ1n) is 12.0. The van der Waals surface area contributed by atoms with Gasteiger partial charge in [-0.2, -0.15) is 0 Å². The van der Waals surface area contributed by atoms with Crippen molar-refractivity contribution in [1.29, 1.82) is 0 Å². The second kappa shape index (κ2) is 12.7. The van der Waals surface area contributed by atoms with Gasteiger partial charge in [-0.3, -0.25) is 9.59 Å². The average Bonchev–Trinajstić information content (AvgIpc) is 2.85. The summed E-state index contributed by atoms with van der Waals surface area (Å²) >= 11 is 6.02. The highest BCUT2D eigenvalue weighted by Gasteiger charge is 2.33. The molecule has 2 aromatic carbocycles. The van der Waals surface area contributed by atoms with E-state index in [1.807, 2.05) is 44.2 Å². The molecule has 1 N–H and O–H groups in total. The van der Waals surface area contributed by atoms with Crippen LogP contribution in [0.3, 0.4) is 0 Å². The molecule has 1 saturated carbocycles. The number of aryl methyl sites for hydroxylation is 1. The number of nitrogens with zero attached hydrogens (tertiary/aromatic N) is 1. The van der Waals surface area contributed by atoms with Crippen molar-refractivity contribution in [2.75, 3.05) is 19.6 Å². The van der Waals surface area contributed by atoms with Crippen molar-refractivity contribution in [2.45, 2.75) is 64.6 Å². The standard InChI is InChI=1S/C27H35ClN2O4/c1-4-34-23-15-14-21(16-24(23)33-3)26(27(32)29-22-8-6-5-7-9-22)30(25(31)17-28)18-20-12-10-19(2)11-13-20/h10-16,22,26H,4-9,17-18H2,1-3H3,(H,29,32)/t26-/m0/s1. The molecule has 6 nitrogen and oxygen atoms in total. The molecular weight excluding hydrogens is 452 g/mol. The highest BCUT2D eigenvalue weighted by Crippen LogP contribution is 2.34. The fraction of sp³-hybridized carbons (Fsp3) is 0.481. The maximum Gasteiger partial charge on any atom is 0.247 e. The molecule has 0 aliphatic heterocycles. The molecule has 0 unspecified atom stereocenters. The summed E-state index contributed by atoms with van der Waals surface area (Å²) in [5.41, 5.74) is 2.71. The second-order valence-corrected chi connectivity index (χ2v) is 9.00. The van der Waals surface area contributed by atoms with Crippen LogP contribution in [-0.4, -0.2) is 42.4 Å². The van der Waals surface area contributed by atoms with Gasteiger partial charge >= 0.3 is 0 Å². The first-order valence-corrected chi connectivity index (χ1v) is 12.5. The van der Waals surface area contributed by atoms with Crippen LogP contribution in [0.4, 0.5) is 0 Å². The zero-order valence-electron chi connectivity index (χ0n) is 20.3. The van der Waals surface area contributed by atoms with Crippen molar-refractivity contribution in [3.8, 4) is 11.5 Å². The number of carbonyl (C=O) groups excluding carboxylic acids is 2. The van der Waals surface area contributed by atoms with Crippen LogP contribution >= 0.6 is 11.6 Å². The minimum absolute atomic E-state index is 0.112. The van der Waals surface area contributed by atoms with Gasteiger partial charge in [-0.05, 0) is 49.9 Å². The van der Waals surface area contributed by atoms with Crippen LogP contribution < -0.4 is 14.8 Å². The lowest BCUT2D eigenvalue weighted by atomic mass is 9.94. The number of methoxy groups -OCH3 is 1. The summed E-state index contributed by atoms with van der Waals surface area (Å²) in [4.78, 5) is 28.3. The van der Waals surface area contributed by atoms with Crippen molar-refractivity contribution in [1.82, 2.24) is 10.2 Å². The summed E-state index contributed by atoms with van der Waals surface area (Å²) in [6.07, 6.45) is 5.29. The molecule has 0 heterocycles. The maximum absolute atomic E-state index is 13.7. The normalized spacial score (nSPS) is 14.8. The highest BCUT2D eigenvalue weighted by molar-refractivity contribution is 6.27. The number of hydrogen-bond acceptors (Lipinski definition) is 4. The Bertz CT molecular complexity index is 958. The average molecular weight is 487 g/mol. The SMILES string of the molecule is CCOc1ccc([C@@H](C(=O)NC2CCCCC2)N(Cc2ccc(C)cc2)C(=O)CCl)cc1OC. The third-order valence-corrected chi connectivity index (χ3v) is 6.45. The van der Waals surface area contributed by atoms with E-state index in [2.05, 4.69) is 5.32 Å². The summed E-state index contributed by atoms with van der Waals surface area (Å²) in [6, 6.07) is 12.6. The topological polar surface area (TPSA) is 67.9 Å². The maximum atomic E-state index is 13.7. The van der Waals surface area contributed by atoms with Crippen molar-refractivity contribution in [3.05, 3.63) is 59.2 Å². The number of alkyl halides is 1. The number of rotatable bonds is 10. The summed E-state index contributed by atoms with van der Waals surface area (Å²) in [5, 5.41) is 3.20. The number of benzene rings is 2. The summed E-state index contributed by atoms with van der Waals surface area (Å²) in [5.74, 6) is 0.382. The third kappa shape index (κ3) is 6.66.